The van der Waals surface area contributed by atoms with E-state index in [9.17, 15) is 0 Å². The summed E-state index contributed by atoms with van der Waals surface area (Å²) in [5.74, 6) is 0. The first-order chi connectivity index (χ1) is 12.0. The van der Waals surface area contributed by atoms with Crippen LogP contribution in [0.5, 0.6) is 0 Å². The monoisotopic (exact) mass is 494 g/mol. The number of hydrogen-bond acceptors (Lipinski definition) is 2. The average Bonchev–Trinajstić information content (AvgIpc) is 2.54. The molecule has 26 heavy (non-hydrogen) atoms. The van der Waals surface area contributed by atoms with Gasteiger partial charge in [0, 0.05) is 28.1 Å². The SMILES string of the molecule is ClC(Cl)(Cl)Cl.[C-]#[N+]c1ccc(C)nc1C.[C-]#[N+]c1ccc(CBr)nc1C. The van der Waals surface area contributed by atoms with Gasteiger partial charge < -0.3 is 0 Å². The van der Waals surface area contributed by atoms with E-state index < -0.39 is 3.25 Å². The molecule has 2 heterocycles. The maximum Gasteiger partial charge on any atom is 0.266 e. The molecule has 0 aliphatic carbocycles. The summed E-state index contributed by atoms with van der Waals surface area (Å²) in [7, 11) is 0. The van der Waals surface area contributed by atoms with E-state index in [1.54, 1.807) is 12.1 Å². The van der Waals surface area contributed by atoms with Crippen molar-refractivity contribution in [1.29, 1.82) is 0 Å². The Hall–Kier alpha value is -1.08. The van der Waals surface area contributed by atoms with Gasteiger partial charge in [-0.1, -0.05) is 86.6 Å². The van der Waals surface area contributed by atoms with Crippen LogP contribution in [0.15, 0.2) is 24.3 Å². The number of pyridine rings is 2. The molecule has 0 saturated heterocycles. The highest BCUT2D eigenvalue weighted by Crippen LogP contribution is 2.29. The van der Waals surface area contributed by atoms with Crippen LogP contribution in [-0.2, 0) is 5.33 Å². The zero-order valence-electron chi connectivity index (χ0n) is 14.2. The lowest BCUT2D eigenvalue weighted by Crippen LogP contribution is -1.86. The fraction of sp³-hybridized carbons (Fsp3) is 0.294. The molecule has 2 aromatic heterocycles. The Balaban J connectivity index is 0.000000387. The Morgan fingerprint density at radius 3 is 1.65 bits per heavy atom. The van der Waals surface area contributed by atoms with E-state index in [4.69, 9.17) is 59.5 Å². The Kier molecular flexibility index (Phi) is 11.8. The van der Waals surface area contributed by atoms with Crippen molar-refractivity contribution < 1.29 is 0 Å². The molecule has 0 aromatic carbocycles. The topological polar surface area (TPSA) is 34.5 Å². The highest BCUT2D eigenvalue weighted by molar-refractivity contribution is 9.08. The average molecular weight is 497 g/mol. The van der Waals surface area contributed by atoms with Gasteiger partial charge in [0.05, 0.1) is 13.1 Å². The third-order valence-electron chi connectivity index (χ3n) is 2.69. The normalized spacial score (nSPS) is 9.62. The number of aromatic nitrogens is 2. The van der Waals surface area contributed by atoms with E-state index in [-0.39, 0.29) is 0 Å². The first kappa shape index (κ1) is 24.9. The Morgan fingerprint density at radius 2 is 1.31 bits per heavy atom. The molecular formula is C17H15BrCl4N4. The molecule has 4 nitrogen and oxygen atoms in total. The lowest BCUT2D eigenvalue weighted by atomic mass is 10.3. The lowest BCUT2D eigenvalue weighted by molar-refractivity contribution is 1.12. The summed E-state index contributed by atoms with van der Waals surface area (Å²) < 4.78 is -1.61. The smallest absolute Gasteiger partial charge is 0.266 e. The number of halogens is 5. The highest BCUT2D eigenvalue weighted by Gasteiger charge is 2.11. The molecule has 9 heteroatoms. The lowest BCUT2D eigenvalue weighted by Gasteiger charge is -1.98. The second kappa shape index (κ2) is 12.3. The van der Waals surface area contributed by atoms with Gasteiger partial charge in [0.15, 0.2) is 0 Å². The first-order valence-electron chi connectivity index (χ1n) is 6.99. The number of nitrogens with zero attached hydrogens (tertiary/aromatic N) is 4. The second-order valence-corrected chi connectivity index (χ2v) is 8.74. The van der Waals surface area contributed by atoms with E-state index >= 15 is 0 Å². The Labute approximate surface area is 182 Å². The van der Waals surface area contributed by atoms with E-state index in [0.29, 0.717) is 11.4 Å². The summed E-state index contributed by atoms with van der Waals surface area (Å²) in [4.78, 5) is 14.9. The van der Waals surface area contributed by atoms with Crippen LogP contribution in [0.1, 0.15) is 22.8 Å². The van der Waals surface area contributed by atoms with E-state index in [1.165, 1.54) is 0 Å². The van der Waals surface area contributed by atoms with Crippen LogP contribution >= 0.6 is 62.3 Å². The van der Waals surface area contributed by atoms with Crippen molar-refractivity contribution in [2.24, 2.45) is 0 Å². The quantitative estimate of drug-likeness (QED) is 0.300. The zero-order chi connectivity index (χ0) is 20.3. The molecule has 0 fully saturated rings. The van der Waals surface area contributed by atoms with E-state index in [2.05, 4.69) is 35.6 Å². The van der Waals surface area contributed by atoms with Gasteiger partial charge in [-0.2, -0.15) is 0 Å². The molecule has 2 aromatic rings. The molecule has 0 radical (unpaired) electrons. The summed E-state index contributed by atoms with van der Waals surface area (Å²) in [5.41, 5.74) is 4.83. The van der Waals surface area contributed by atoms with Gasteiger partial charge in [-0.15, -0.1) is 0 Å². The first-order valence-corrected chi connectivity index (χ1v) is 9.62. The maximum absolute atomic E-state index is 6.79. The fourth-order valence-electron chi connectivity index (χ4n) is 1.60. The maximum atomic E-state index is 6.79. The van der Waals surface area contributed by atoms with Crippen molar-refractivity contribution in [3.8, 4) is 0 Å². The zero-order valence-corrected chi connectivity index (χ0v) is 18.8. The number of alkyl halides is 5. The predicted molar refractivity (Wildman–Crippen MR) is 114 cm³/mol. The number of rotatable bonds is 1. The minimum atomic E-state index is -1.61. The molecule has 138 valence electrons. The summed E-state index contributed by atoms with van der Waals surface area (Å²) in [6.07, 6.45) is 0. The van der Waals surface area contributed by atoms with Crippen LogP contribution in [0.3, 0.4) is 0 Å². The van der Waals surface area contributed by atoms with Gasteiger partial charge in [0.1, 0.15) is 0 Å². The van der Waals surface area contributed by atoms with Crippen molar-refractivity contribution in [2.75, 3.05) is 0 Å². The summed E-state index contributed by atoms with van der Waals surface area (Å²) in [5, 5.41) is 0.742. The van der Waals surface area contributed by atoms with Crippen molar-refractivity contribution in [2.45, 2.75) is 29.4 Å². The summed E-state index contributed by atoms with van der Waals surface area (Å²) in [6, 6.07) is 7.30. The van der Waals surface area contributed by atoms with Crippen molar-refractivity contribution >= 4 is 73.7 Å². The van der Waals surface area contributed by atoms with Crippen LogP contribution < -0.4 is 0 Å². The molecule has 0 unspecified atom stereocenters. The van der Waals surface area contributed by atoms with E-state index in [1.807, 2.05) is 32.9 Å². The molecule has 0 amide bonds. The van der Waals surface area contributed by atoms with Crippen LogP contribution in [0, 0.1) is 33.9 Å². The summed E-state index contributed by atoms with van der Waals surface area (Å²) >= 11 is 22.6. The minimum absolute atomic E-state index is 0.634. The molecule has 0 atom stereocenters. The molecule has 0 bridgehead atoms. The van der Waals surface area contributed by atoms with Gasteiger partial charge >= 0.3 is 0 Å². The molecule has 2 rings (SSSR count). The number of aryl methyl sites for hydroxylation is 3. The van der Waals surface area contributed by atoms with Gasteiger partial charge in [0.25, 0.3) is 3.25 Å². The summed E-state index contributed by atoms with van der Waals surface area (Å²) in [6.45, 7) is 19.1. The Morgan fingerprint density at radius 1 is 0.885 bits per heavy atom. The minimum Gasteiger partial charge on any atom is -0.270 e. The fourth-order valence-corrected chi connectivity index (χ4v) is 1.91. The Bertz CT molecular complexity index is 802. The standard InChI is InChI=1S/C8H7BrN2.C8H8N2.CCl4/c1-6-8(10-2)4-3-7(5-9)11-6;1-6-4-5-8(9-3)7(2)10-6;2-1(3,4)5/h3-4H,5H2,1H3;4-5H,1-2H3;. The molecule has 0 saturated carbocycles. The van der Waals surface area contributed by atoms with E-state index in [0.717, 1.165) is 28.1 Å². The third kappa shape index (κ3) is 11.5. The third-order valence-corrected chi connectivity index (χ3v) is 3.27. The molecular weight excluding hydrogens is 482 g/mol. The molecule has 0 aliphatic rings. The van der Waals surface area contributed by atoms with Crippen molar-refractivity contribution in [3.05, 3.63) is 69.9 Å². The number of hydrogen-bond donors (Lipinski definition) is 0. The van der Waals surface area contributed by atoms with Gasteiger partial charge in [-0.3, -0.25) is 9.97 Å². The second-order valence-electron chi connectivity index (χ2n) is 4.75. The predicted octanol–water partition coefficient (Wildman–Crippen LogP) is 7.64. The molecule has 0 aliphatic heterocycles. The molecule has 0 N–H and O–H groups in total. The highest BCUT2D eigenvalue weighted by atomic mass is 79.9. The van der Waals surface area contributed by atoms with Crippen LogP contribution in [0.4, 0.5) is 11.4 Å². The van der Waals surface area contributed by atoms with Gasteiger partial charge in [0.2, 0.25) is 11.4 Å². The largest absolute Gasteiger partial charge is 0.270 e. The van der Waals surface area contributed by atoms with Crippen LogP contribution in [0.25, 0.3) is 9.69 Å². The van der Waals surface area contributed by atoms with Crippen LogP contribution in [0.2, 0.25) is 0 Å². The van der Waals surface area contributed by atoms with Crippen molar-refractivity contribution in [1.82, 2.24) is 9.97 Å². The van der Waals surface area contributed by atoms with Crippen molar-refractivity contribution in [3.63, 3.8) is 0 Å². The molecule has 0 spiro atoms. The van der Waals surface area contributed by atoms with Gasteiger partial charge in [-0.05, 0) is 20.8 Å². The van der Waals surface area contributed by atoms with Gasteiger partial charge in [-0.25, -0.2) is 9.69 Å². The van der Waals surface area contributed by atoms with Crippen LogP contribution in [-0.4, -0.2) is 13.2 Å².